The maximum Gasteiger partial charge on any atom is 0.261 e. The van der Waals surface area contributed by atoms with Crippen molar-refractivity contribution in [3.05, 3.63) is 63.6 Å². The maximum atomic E-state index is 12.2. The van der Waals surface area contributed by atoms with Crippen molar-refractivity contribution in [3.8, 4) is 5.75 Å². The molecule has 0 aromatic heterocycles. The normalized spacial score (nSPS) is 13.4. The van der Waals surface area contributed by atoms with Crippen molar-refractivity contribution in [2.45, 2.75) is 13.3 Å². The molecule has 2 aromatic carbocycles. The molecule has 1 heterocycles. The smallest absolute Gasteiger partial charge is 0.261 e. The third-order valence-corrected chi connectivity index (χ3v) is 4.31. The monoisotopic (exact) mass is 373 g/mol. The molecule has 1 aliphatic rings. The highest BCUT2D eigenvalue weighted by atomic mass is 79.9. The van der Waals surface area contributed by atoms with Gasteiger partial charge in [0.2, 0.25) is 0 Å². The van der Waals surface area contributed by atoms with Gasteiger partial charge in [-0.2, -0.15) is 0 Å². The van der Waals surface area contributed by atoms with Gasteiger partial charge >= 0.3 is 0 Å². The quantitative estimate of drug-likeness (QED) is 0.591. The van der Waals surface area contributed by atoms with E-state index < -0.39 is 0 Å². The number of amides is 2. The van der Waals surface area contributed by atoms with Crippen molar-refractivity contribution in [3.63, 3.8) is 0 Å². The summed E-state index contributed by atoms with van der Waals surface area (Å²) in [6, 6.07) is 12.8. The molecule has 2 aromatic rings. The molecule has 4 nitrogen and oxygen atoms in total. The van der Waals surface area contributed by atoms with E-state index in [1.165, 1.54) is 4.90 Å². The number of halogens is 1. The Bertz CT molecular complexity index is 738. The molecule has 2 amide bonds. The fourth-order valence-corrected chi connectivity index (χ4v) is 2.92. The van der Waals surface area contributed by atoms with Gasteiger partial charge in [-0.3, -0.25) is 14.5 Å². The summed E-state index contributed by atoms with van der Waals surface area (Å²) in [7, 11) is 0. The van der Waals surface area contributed by atoms with E-state index in [9.17, 15) is 9.59 Å². The van der Waals surface area contributed by atoms with Crippen LogP contribution in [0.3, 0.4) is 0 Å². The van der Waals surface area contributed by atoms with E-state index in [0.717, 1.165) is 15.8 Å². The number of ether oxygens (including phenoxy) is 1. The van der Waals surface area contributed by atoms with Gasteiger partial charge in [-0.25, -0.2) is 0 Å². The molecule has 0 saturated heterocycles. The minimum absolute atomic E-state index is 0.218. The largest absolute Gasteiger partial charge is 0.493 e. The zero-order valence-electron chi connectivity index (χ0n) is 12.7. The van der Waals surface area contributed by atoms with Crippen LogP contribution in [0.4, 0.5) is 0 Å². The van der Waals surface area contributed by atoms with Gasteiger partial charge in [0.1, 0.15) is 5.75 Å². The van der Waals surface area contributed by atoms with Gasteiger partial charge in [0.05, 0.1) is 17.7 Å². The first-order valence-electron chi connectivity index (χ1n) is 7.42. The van der Waals surface area contributed by atoms with E-state index in [2.05, 4.69) is 15.9 Å². The molecule has 1 aliphatic heterocycles. The van der Waals surface area contributed by atoms with Crippen molar-refractivity contribution < 1.29 is 14.3 Å². The maximum absolute atomic E-state index is 12.2. The number of aryl methyl sites for hydroxylation is 1. The summed E-state index contributed by atoms with van der Waals surface area (Å²) in [6.07, 6.45) is 0.595. The lowest BCUT2D eigenvalue weighted by Gasteiger charge is -2.14. The third-order valence-electron chi connectivity index (χ3n) is 3.81. The van der Waals surface area contributed by atoms with E-state index in [-0.39, 0.29) is 11.8 Å². The molecule has 118 valence electrons. The number of hydrogen-bond acceptors (Lipinski definition) is 3. The van der Waals surface area contributed by atoms with Crippen LogP contribution in [0.25, 0.3) is 0 Å². The van der Waals surface area contributed by atoms with Gasteiger partial charge in [-0.1, -0.05) is 34.1 Å². The van der Waals surface area contributed by atoms with Crippen molar-refractivity contribution in [2.75, 3.05) is 13.2 Å². The first-order chi connectivity index (χ1) is 11.1. The fraction of sp³-hybridized carbons (Fsp3) is 0.222. The van der Waals surface area contributed by atoms with Gasteiger partial charge in [0.15, 0.2) is 0 Å². The molecule has 0 bridgehead atoms. The highest BCUT2D eigenvalue weighted by Gasteiger charge is 2.34. The van der Waals surface area contributed by atoms with Gasteiger partial charge < -0.3 is 4.74 Å². The Hall–Kier alpha value is -2.14. The summed E-state index contributed by atoms with van der Waals surface area (Å²) < 4.78 is 6.70. The number of carbonyl (C=O) groups excluding carboxylic acids is 2. The zero-order chi connectivity index (χ0) is 16.4. The average Bonchev–Trinajstić information content (AvgIpc) is 2.79. The predicted octanol–water partition coefficient (Wildman–Crippen LogP) is 3.82. The lowest BCUT2D eigenvalue weighted by Crippen LogP contribution is -2.31. The van der Waals surface area contributed by atoms with Gasteiger partial charge in [-0.05, 0) is 43.2 Å². The number of carbonyl (C=O) groups is 2. The van der Waals surface area contributed by atoms with Crippen molar-refractivity contribution >= 4 is 27.7 Å². The number of fused-ring (bicyclic) bond motifs is 1. The van der Waals surface area contributed by atoms with Crippen LogP contribution in [-0.2, 0) is 0 Å². The van der Waals surface area contributed by atoms with Crippen LogP contribution in [0.15, 0.2) is 46.9 Å². The van der Waals surface area contributed by atoms with Gasteiger partial charge in [0, 0.05) is 11.0 Å². The van der Waals surface area contributed by atoms with Crippen LogP contribution in [0.1, 0.15) is 32.7 Å². The minimum atomic E-state index is -0.218. The summed E-state index contributed by atoms with van der Waals surface area (Å²) in [5.41, 5.74) is 2.02. The molecule has 0 unspecified atom stereocenters. The Balaban J connectivity index is 1.57. The first kappa shape index (κ1) is 15.7. The third kappa shape index (κ3) is 3.15. The molecule has 23 heavy (non-hydrogen) atoms. The second-order valence-corrected chi connectivity index (χ2v) is 6.34. The molecule has 0 fully saturated rings. The molecule has 0 aliphatic carbocycles. The van der Waals surface area contributed by atoms with Crippen LogP contribution >= 0.6 is 15.9 Å². The topological polar surface area (TPSA) is 46.6 Å². The fourth-order valence-electron chi connectivity index (χ4n) is 2.58. The average molecular weight is 374 g/mol. The van der Waals surface area contributed by atoms with Crippen molar-refractivity contribution in [1.82, 2.24) is 4.90 Å². The standard InChI is InChI=1S/C18H16BrNO3/c1-12-7-8-13(19)11-16(12)23-10-4-9-20-17(21)14-5-2-3-6-15(14)18(20)22/h2-3,5-8,11H,4,9-10H2,1H3. The van der Waals surface area contributed by atoms with Crippen LogP contribution in [0, 0.1) is 6.92 Å². The van der Waals surface area contributed by atoms with E-state index >= 15 is 0 Å². The zero-order valence-corrected chi connectivity index (χ0v) is 14.3. The number of hydrogen-bond donors (Lipinski definition) is 0. The lowest BCUT2D eigenvalue weighted by molar-refractivity contribution is 0.0646. The van der Waals surface area contributed by atoms with Crippen LogP contribution in [-0.4, -0.2) is 29.9 Å². The Morgan fingerprint density at radius 3 is 2.35 bits per heavy atom. The summed E-state index contributed by atoms with van der Waals surface area (Å²) >= 11 is 3.41. The van der Waals surface area contributed by atoms with Crippen molar-refractivity contribution in [2.24, 2.45) is 0 Å². The second kappa shape index (κ2) is 6.54. The summed E-state index contributed by atoms with van der Waals surface area (Å²) in [5, 5.41) is 0. The van der Waals surface area contributed by atoms with Crippen LogP contribution < -0.4 is 4.74 Å². The molecule has 0 spiro atoms. The summed E-state index contributed by atoms with van der Waals surface area (Å²) in [5.74, 6) is 0.371. The Morgan fingerprint density at radius 1 is 1.04 bits per heavy atom. The number of benzene rings is 2. The Labute approximate surface area is 143 Å². The summed E-state index contributed by atoms with van der Waals surface area (Å²) in [4.78, 5) is 25.7. The number of imide groups is 1. The first-order valence-corrected chi connectivity index (χ1v) is 8.21. The SMILES string of the molecule is Cc1ccc(Br)cc1OCCCN1C(=O)c2ccccc2C1=O. The highest BCUT2D eigenvalue weighted by Crippen LogP contribution is 2.24. The van der Waals surface area contributed by atoms with E-state index in [1.807, 2.05) is 25.1 Å². The van der Waals surface area contributed by atoms with Gasteiger partial charge in [-0.15, -0.1) is 0 Å². The predicted molar refractivity (Wildman–Crippen MR) is 90.8 cm³/mol. The van der Waals surface area contributed by atoms with E-state index in [4.69, 9.17) is 4.74 Å². The van der Waals surface area contributed by atoms with Crippen molar-refractivity contribution in [1.29, 1.82) is 0 Å². The molecule has 0 atom stereocenters. The number of rotatable bonds is 5. The second-order valence-electron chi connectivity index (χ2n) is 5.42. The minimum Gasteiger partial charge on any atom is -0.493 e. The Kier molecular flexibility index (Phi) is 4.48. The molecular weight excluding hydrogens is 358 g/mol. The van der Waals surface area contributed by atoms with Gasteiger partial charge in [0.25, 0.3) is 11.8 Å². The highest BCUT2D eigenvalue weighted by molar-refractivity contribution is 9.10. The van der Waals surface area contributed by atoms with E-state index in [1.54, 1.807) is 24.3 Å². The molecule has 0 radical (unpaired) electrons. The summed E-state index contributed by atoms with van der Waals surface area (Å²) in [6.45, 7) is 2.79. The Morgan fingerprint density at radius 2 is 1.70 bits per heavy atom. The lowest BCUT2D eigenvalue weighted by atomic mass is 10.1. The number of nitrogens with zero attached hydrogens (tertiary/aromatic N) is 1. The van der Waals surface area contributed by atoms with Crippen LogP contribution in [0.2, 0.25) is 0 Å². The molecular formula is C18H16BrNO3. The molecule has 0 saturated carbocycles. The van der Waals surface area contributed by atoms with Crippen LogP contribution in [0.5, 0.6) is 5.75 Å². The molecule has 0 N–H and O–H groups in total. The molecule has 3 rings (SSSR count). The van der Waals surface area contributed by atoms with E-state index in [0.29, 0.717) is 30.7 Å². The molecule has 5 heteroatoms.